The molecule has 24 heavy (non-hydrogen) atoms. The number of nitrogens with one attached hydrogen (secondary N) is 1. The van der Waals surface area contributed by atoms with Crippen molar-refractivity contribution < 1.29 is 4.79 Å². The Morgan fingerprint density at radius 1 is 1.12 bits per heavy atom. The van der Waals surface area contributed by atoms with Gasteiger partial charge in [-0.1, -0.05) is 30.2 Å². The Hall–Kier alpha value is -2.00. The van der Waals surface area contributed by atoms with Crippen molar-refractivity contribution in [1.82, 2.24) is 0 Å². The SMILES string of the molecule is Cc1cc(NC(=O)C2(c3ccc(Cl)cc3)CCC2)ccc1N(C)C. The molecule has 1 fully saturated rings. The van der Waals surface area contributed by atoms with Gasteiger partial charge in [-0.15, -0.1) is 0 Å². The van der Waals surface area contributed by atoms with Crippen molar-refractivity contribution in [3.05, 3.63) is 58.6 Å². The second kappa shape index (κ2) is 6.48. The molecule has 0 bridgehead atoms. The highest BCUT2D eigenvalue weighted by Crippen LogP contribution is 2.45. The molecule has 0 aromatic heterocycles. The Morgan fingerprint density at radius 3 is 2.29 bits per heavy atom. The van der Waals surface area contributed by atoms with Gasteiger partial charge in [0, 0.05) is 30.5 Å². The van der Waals surface area contributed by atoms with Gasteiger partial charge in [0.15, 0.2) is 0 Å². The van der Waals surface area contributed by atoms with Gasteiger partial charge in [0.1, 0.15) is 0 Å². The van der Waals surface area contributed by atoms with E-state index in [4.69, 9.17) is 11.6 Å². The summed E-state index contributed by atoms with van der Waals surface area (Å²) >= 11 is 5.99. The van der Waals surface area contributed by atoms with E-state index in [1.165, 1.54) is 0 Å². The summed E-state index contributed by atoms with van der Waals surface area (Å²) in [5, 5.41) is 3.81. The molecule has 0 unspecified atom stereocenters. The lowest BCUT2D eigenvalue weighted by Crippen LogP contribution is -2.46. The first kappa shape index (κ1) is 16.8. The van der Waals surface area contributed by atoms with Gasteiger partial charge in [0.05, 0.1) is 5.41 Å². The van der Waals surface area contributed by atoms with Gasteiger partial charge < -0.3 is 10.2 Å². The molecule has 2 aromatic carbocycles. The molecule has 1 N–H and O–H groups in total. The monoisotopic (exact) mass is 342 g/mol. The summed E-state index contributed by atoms with van der Waals surface area (Å²) in [6.07, 6.45) is 2.85. The average Bonchev–Trinajstić information content (AvgIpc) is 2.47. The Labute approximate surface area is 148 Å². The number of hydrogen-bond acceptors (Lipinski definition) is 2. The standard InChI is InChI=1S/C20H23ClN2O/c1-14-13-17(9-10-18(14)23(2)3)22-19(24)20(11-4-12-20)15-5-7-16(21)8-6-15/h5-10,13H,4,11-12H2,1-3H3,(H,22,24). The zero-order valence-corrected chi connectivity index (χ0v) is 15.2. The van der Waals surface area contributed by atoms with E-state index in [1.807, 2.05) is 56.6 Å². The number of benzene rings is 2. The van der Waals surface area contributed by atoms with E-state index in [0.29, 0.717) is 5.02 Å². The third-order valence-corrected chi connectivity index (χ3v) is 5.23. The predicted octanol–water partition coefficient (Wildman–Crippen LogP) is 4.77. The number of hydrogen-bond donors (Lipinski definition) is 1. The Balaban J connectivity index is 1.83. The number of amides is 1. The van der Waals surface area contributed by atoms with E-state index in [2.05, 4.69) is 17.1 Å². The van der Waals surface area contributed by atoms with Crippen molar-refractivity contribution in [2.75, 3.05) is 24.3 Å². The van der Waals surface area contributed by atoms with Crippen LogP contribution in [0.5, 0.6) is 0 Å². The van der Waals surface area contributed by atoms with E-state index < -0.39 is 5.41 Å². The van der Waals surface area contributed by atoms with Crippen LogP contribution in [0.4, 0.5) is 11.4 Å². The maximum Gasteiger partial charge on any atom is 0.235 e. The molecule has 0 saturated heterocycles. The third kappa shape index (κ3) is 3.01. The van der Waals surface area contributed by atoms with E-state index in [-0.39, 0.29) is 5.91 Å². The summed E-state index contributed by atoms with van der Waals surface area (Å²) in [7, 11) is 4.04. The van der Waals surface area contributed by atoms with Crippen LogP contribution in [0.25, 0.3) is 0 Å². The number of anilines is 2. The van der Waals surface area contributed by atoms with E-state index >= 15 is 0 Å². The van der Waals surface area contributed by atoms with E-state index in [9.17, 15) is 4.79 Å². The Kier molecular flexibility index (Phi) is 4.55. The molecule has 0 heterocycles. The van der Waals surface area contributed by atoms with Crippen LogP contribution in [0.2, 0.25) is 5.02 Å². The molecule has 3 nitrogen and oxygen atoms in total. The van der Waals surface area contributed by atoms with Gasteiger partial charge in [-0.3, -0.25) is 4.79 Å². The van der Waals surface area contributed by atoms with Crippen LogP contribution < -0.4 is 10.2 Å². The number of halogens is 1. The minimum atomic E-state index is -0.418. The first-order valence-electron chi connectivity index (χ1n) is 8.28. The van der Waals surface area contributed by atoms with Crippen molar-refractivity contribution >= 4 is 28.9 Å². The van der Waals surface area contributed by atoms with Gasteiger partial charge in [-0.05, 0) is 61.2 Å². The zero-order chi connectivity index (χ0) is 17.3. The maximum atomic E-state index is 13.0. The quantitative estimate of drug-likeness (QED) is 0.867. The van der Waals surface area contributed by atoms with Gasteiger partial charge in [-0.2, -0.15) is 0 Å². The van der Waals surface area contributed by atoms with Crippen molar-refractivity contribution in [2.24, 2.45) is 0 Å². The summed E-state index contributed by atoms with van der Waals surface area (Å²) in [5.74, 6) is 0.0769. The molecule has 1 aliphatic carbocycles. The average molecular weight is 343 g/mol. The molecule has 4 heteroatoms. The molecule has 3 rings (SSSR count). The number of nitrogens with zero attached hydrogens (tertiary/aromatic N) is 1. The smallest absolute Gasteiger partial charge is 0.235 e. The number of carbonyl (C=O) groups excluding carboxylic acids is 1. The minimum absolute atomic E-state index is 0.0769. The summed E-state index contributed by atoms with van der Waals surface area (Å²) < 4.78 is 0. The van der Waals surface area contributed by atoms with Gasteiger partial charge >= 0.3 is 0 Å². The van der Waals surface area contributed by atoms with E-state index in [1.54, 1.807) is 0 Å². The number of carbonyl (C=O) groups is 1. The Bertz CT molecular complexity index is 749. The molecular weight excluding hydrogens is 320 g/mol. The fraction of sp³-hybridized carbons (Fsp3) is 0.350. The van der Waals surface area contributed by atoms with Crippen LogP contribution in [0.15, 0.2) is 42.5 Å². The van der Waals surface area contributed by atoms with E-state index in [0.717, 1.165) is 41.8 Å². The van der Waals surface area contributed by atoms with Crippen LogP contribution >= 0.6 is 11.6 Å². The highest BCUT2D eigenvalue weighted by molar-refractivity contribution is 6.30. The molecule has 1 aliphatic rings. The zero-order valence-electron chi connectivity index (χ0n) is 14.4. The van der Waals surface area contributed by atoms with Crippen molar-refractivity contribution in [2.45, 2.75) is 31.6 Å². The lowest BCUT2D eigenvalue weighted by Gasteiger charge is -2.40. The highest BCUT2D eigenvalue weighted by atomic mass is 35.5. The van der Waals surface area contributed by atoms with Crippen LogP contribution in [-0.2, 0) is 10.2 Å². The normalized spacial score (nSPS) is 15.5. The summed E-state index contributed by atoms with van der Waals surface area (Å²) in [6, 6.07) is 13.7. The highest BCUT2D eigenvalue weighted by Gasteiger charge is 2.45. The molecular formula is C20H23ClN2O. The van der Waals surface area contributed by atoms with Crippen LogP contribution in [0.1, 0.15) is 30.4 Å². The fourth-order valence-electron chi connectivity index (χ4n) is 3.43. The topological polar surface area (TPSA) is 32.3 Å². The van der Waals surface area contributed by atoms with Crippen LogP contribution in [-0.4, -0.2) is 20.0 Å². The number of aryl methyl sites for hydroxylation is 1. The molecule has 0 aliphatic heterocycles. The van der Waals surface area contributed by atoms with Gasteiger partial charge in [0.25, 0.3) is 0 Å². The van der Waals surface area contributed by atoms with Crippen molar-refractivity contribution in [3.8, 4) is 0 Å². The molecule has 0 atom stereocenters. The first-order chi connectivity index (χ1) is 11.4. The molecule has 1 saturated carbocycles. The van der Waals surface area contributed by atoms with Crippen molar-refractivity contribution in [1.29, 1.82) is 0 Å². The summed E-state index contributed by atoms with van der Waals surface area (Å²) in [6.45, 7) is 2.06. The third-order valence-electron chi connectivity index (χ3n) is 4.98. The van der Waals surface area contributed by atoms with Gasteiger partial charge in [-0.25, -0.2) is 0 Å². The van der Waals surface area contributed by atoms with Crippen LogP contribution in [0, 0.1) is 6.92 Å². The summed E-state index contributed by atoms with van der Waals surface area (Å²) in [5.41, 5.74) is 3.79. The molecule has 0 spiro atoms. The first-order valence-corrected chi connectivity index (χ1v) is 8.66. The lowest BCUT2D eigenvalue weighted by atomic mass is 9.64. The minimum Gasteiger partial charge on any atom is -0.377 e. The Morgan fingerprint density at radius 2 is 1.79 bits per heavy atom. The second-order valence-corrected chi connectivity index (χ2v) is 7.23. The second-order valence-electron chi connectivity index (χ2n) is 6.79. The largest absolute Gasteiger partial charge is 0.377 e. The molecule has 2 aromatic rings. The van der Waals surface area contributed by atoms with Crippen LogP contribution in [0.3, 0.4) is 0 Å². The predicted molar refractivity (Wildman–Crippen MR) is 101 cm³/mol. The van der Waals surface area contributed by atoms with Crippen molar-refractivity contribution in [3.63, 3.8) is 0 Å². The molecule has 126 valence electrons. The lowest BCUT2D eigenvalue weighted by molar-refractivity contribution is -0.124. The molecule has 1 amide bonds. The molecule has 0 radical (unpaired) electrons. The summed E-state index contributed by atoms with van der Waals surface area (Å²) in [4.78, 5) is 15.0. The fourth-order valence-corrected chi connectivity index (χ4v) is 3.56. The van der Waals surface area contributed by atoms with Gasteiger partial charge in [0.2, 0.25) is 5.91 Å². The maximum absolute atomic E-state index is 13.0. The number of rotatable bonds is 4.